The predicted molar refractivity (Wildman–Crippen MR) is 122 cm³/mol. The summed E-state index contributed by atoms with van der Waals surface area (Å²) in [7, 11) is -4.00. The molecule has 3 aromatic carbocycles. The molecule has 0 aromatic heterocycles. The van der Waals surface area contributed by atoms with Gasteiger partial charge in [-0.1, -0.05) is 41.9 Å². The lowest BCUT2D eigenvalue weighted by molar-refractivity contribution is -0.242. The van der Waals surface area contributed by atoms with Crippen LogP contribution in [0.2, 0.25) is 5.02 Å². The molecule has 1 unspecified atom stereocenters. The Bertz CT molecular complexity index is 1280. The van der Waals surface area contributed by atoms with E-state index in [4.69, 9.17) is 11.6 Å². The molecule has 180 valence electrons. The number of hydrogen-bond donors (Lipinski definition) is 3. The molecule has 0 fully saturated rings. The van der Waals surface area contributed by atoms with Gasteiger partial charge in [0.2, 0.25) is 15.4 Å². The number of amides is 1. The SMILES string of the molecule is CC(O)(C(=O)Nc1ccc(S(=O)(=O)c2ccc(NCc3ccccc3)cc2)cc1Cl)C(F)(F)F. The van der Waals surface area contributed by atoms with E-state index in [9.17, 15) is 31.5 Å². The van der Waals surface area contributed by atoms with Gasteiger partial charge in [-0.05, 0) is 55.0 Å². The monoisotopic (exact) mass is 512 g/mol. The summed E-state index contributed by atoms with van der Waals surface area (Å²) in [6.45, 7) is 0.852. The molecular formula is C23H20ClF3N2O4S. The maximum absolute atomic E-state index is 12.9. The molecule has 0 spiro atoms. The van der Waals surface area contributed by atoms with Crippen molar-refractivity contribution in [3.05, 3.63) is 83.4 Å². The maximum Gasteiger partial charge on any atom is 0.426 e. The van der Waals surface area contributed by atoms with Crippen LogP contribution in [-0.4, -0.2) is 31.2 Å². The van der Waals surface area contributed by atoms with Crippen molar-refractivity contribution < 1.29 is 31.5 Å². The molecule has 0 saturated heterocycles. The van der Waals surface area contributed by atoms with E-state index in [-0.39, 0.29) is 20.5 Å². The van der Waals surface area contributed by atoms with Gasteiger partial charge in [-0.25, -0.2) is 8.42 Å². The Labute approximate surface area is 199 Å². The van der Waals surface area contributed by atoms with Crippen LogP contribution in [0.5, 0.6) is 0 Å². The number of hydrogen-bond acceptors (Lipinski definition) is 5. The number of halogens is 4. The Hall–Kier alpha value is -3.08. The summed E-state index contributed by atoms with van der Waals surface area (Å²) in [5, 5.41) is 14.2. The molecule has 1 amide bonds. The molecule has 0 heterocycles. The fraction of sp³-hybridized carbons (Fsp3) is 0.174. The molecule has 0 aliphatic carbocycles. The van der Waals surface area contributed by atoms with Crippen LogP contribution in [0.25, 0.3) is 0 Å². The molecule has 3 rings (SSSR count). The van der Waals surface area contributed by atoms with E-state index in [0.29, 0.717) is 19.2 Å². The average Bonchev–Trinajstić information content (AvgIpc) is 2.79. The zero-order valence-corrected chi connectivity index (χ0v) is 19.3. The number of rotatable bonds is 7. The van der Waals surface area contributed by atoms with Crippen LogP contribution in [0.1, 0.15) is 12.5 Å². The van der Waals surface area contributed by atoms with Crippen LogP contribution in [0.3, 0.4) is 0 Å². The van der Waals surface area contributed by atoms with Crippen molar-refractivity contribution in [1.29, 1.82) is 0 Å². The summed E-state index contributed by atoms with van der Waals surface area (Å²) in [6.07, 6.45) is -5.21. The highest BCUT2D eigenvalue weighted by Crippen LogP contribution is 2.33. The number of carbonyl (C=O) groups is 1. The molecule has 0 radical (unpaired) electrons. The summed E-state index contributed by atoms with van der Waals surface area (Å²) in [5.74, 6) is -1.75. The number of benzene rings is 3. The number of alkyl halides is 3. The van der Waals surface area contributed by atoms with Crippen LogP contribution in [0.4, 0.5) is 24.5 Å². The van der Waals surface area contributed by atoms with Gasteiger partial charge in [-0.15, -0.1) is 0 Å². The van der Waals surface area contributed by atoms with E-state index in [2.05, 4.69) is 5.32 Å². The van der Waals surface area contributed by atoms with Crippen LogP contribution < -0.4 is 10.6 Å². The molecule has 3 aromatic rings. The van der Waals surface area contributed by atoms with Crippen molar-refractivity contribution in [2.75, 3.05) is 10.6 Å². The Morgan fingerprint density at radius 3 is 2.12 bits per heavy atom. The summed E-state index contributed by atoms with van der Waals surface area (Å²) >= 11 is 6.00. The van der Waals surface area contributed by atoms with E-state index < -0.39 is 27.5 Å². The molecule has 0 aliphatic heterocycles. The van der Waals surface area contributed by atoms with Crippen LogP contribution in [0, 0.1) is 0 Å². The summed E-state index contributed by atoms with van der Waals surface area (Å²) < 4.78 is 64.4. The average molecular weight is 513 g/mol. The molecule has 0 bridgehead atoms. The van der Waals surface area contributed by atoms with Crippen molar-refractivity contribution in [2.45, 2.75) is 35.0 Å². The lowest BCUT2D eigenvalue weighted by Crippen LogP contribution is -2.52. The normalized spacial score (nSPS) is 13.7. The van der Waals surface area contributed by atoms with Crippen molar-refractivity contribution in [3.8, 4) is 0 Å². The minimum atomic E-state index is -5.21. The quantitative estimate of drug-likeness (QED) is 0.412. The highest BCUT2D eigenvalue weighted by Gasteiger charge is 2.55. The maximum atomic E-state index is 12.9. The minimum Gasteiger partial charge on any atom is -0.381 e. The zero-order chi connectivity index (χ0) is 25.1. The van der Waals surface area contributed by atoms with E-state index in [1.54, 1.807) is 12.1 Å². The minimum absolute atomic E-state index is 0.0226. The Morgan fingerprint density at radius 1 is 0.971 bits per heavy atom. The molecule has 3 N–H and O–H groups in total. The third kappa shape index (κ3) is 5.52. The van der Waals surface area contributed by atoms with Gasteiger partial charge in [0.1, 0.15) is 0 Å². The van der Waals surface area contributed by atoms with Crippen molar-refractivity contribution >= 4 is 38.7 Å². The smallest absolute Gasteiger partial charge is 0.381 e. The summed E-state index contributed by atoms with van der Waals surface area (Å²) in [5.41, 5.74) is -2.18. The third-order valence-electron chi connectivity index (χ3n) is 5.00. The van der Waals surface area contributed by atoms with Gasteiger partial charge in [0, 0.05) is 12.2 Å². The van der Waals surface area contributed by atoms with Gasteiger partial charge in [-0.2, -0.15) is 13.2 Å². The van der Waals surface area contributed by atoms with Crippen molar-refractivity contribution in [2.24, 2.45) is 0 Å². The molecular weight excluding hydrogens is 493 g/mol. The zero-order valence-electron chi connectivity index (χ0n) is 17.7. The van der Waals surface area contributed by atoms with Gasteiger partial charge in [-0.3, -0.25) is 4.79 Å². The van der Waals surface area contributed by atoms with Gasteiger partial charge < -0.3 is 15.7 Å². The number of carbonyl (C=O) groups excluding carboxylic acids is 1. The lowest BCUT2D eigenvalue weighted by Gasteiger charge is -2.25. The number of aliphatic hydroxyl groups is 1. The fourth-order valence-corrected chi connectivity index (χ4v) is 4.40. The molecule has 1 atom stereocenters. The predicted octanol–water partition coefficient (Wildman–Crippen LogP) is 5.04. The number of sulfone groups is 1. The van der Waals surface area contributed by atoms with Crippen LogP contribution in [-0.2, 0) is 21.2 Å². The molecule has 0 saturated carbocycles. The van der Waals surface area contributed by atoms with Crippen LogP contribution in [0.15, 0.2) is 82.6 Å². The first-order valence-electron chi connectivity index (χ1n) is 9.85. The first kappa shape index (κ1) is 25.5. The largest absolute Gasteiger partial charge is 0.426 e. The number of nitrogens with one attached hydrogen (secondary N) is 2. The van der Waals surface area contributed by atoms with Crippen molar-refractivity contribution in [3.63, 3.8) is 0 Å². The molecule has 11 heteroatoms. The summed E-state index contributed by atoms with van der Waals surface area (Å²) in [6, 6.07) is 18.8. The molecule has 34 heavy (non-hydrogen) atoms. The Kier molecular flexibility index (Phi) is 7.25. The van der Waals surface area contributed by atoms with Gasteiger partial charge in [0.05, 0.1) is 20.5 Å². The molecule has 6 nitrogen and oxygen atoms in total. The van der Waals surface area contributed by atoms with Gasteiger partial charge >= 0.3 is 6.18 Å². The second kappa shape index (κ2) is 9.65. The summed E-state index contributed by atoms with van der Waals surface area (Å²) in [4.78, 5) is 11.6. The standard InChI is InChI=1S/C23H20ClF3N2O4S/c1-22(31,23(25,26)27)21(30)29-20-12-11-18(13-19(20)24)34(32,33)17-9-7-16(8-10-17)28-14-15-5-3-2-4-6-15/h2-13,28,31H,14H2,1H3,(H,29,30). The second-order valence-corrected chi connectivity index (χ2v) is 9.89. The molecule has 0 aliphatic rings. The first-order valence-corrected chi connectivity index (χ1v) is 11.7. The fourth-order valence-electron chi connectivity index (χ4n) is 2.83. The lowest BCUT2D eigenvalue weighted by atomic mass is 10.1. The second-order valence-electron chi connectivity index (χ2n) is 7.53. The van der Waals surface area contributed by atoms with Gasteiger partial charge in [0.15, 0.2) is 0 Å². The van der Waals surface area contributed by atoms with Gasteiger partial charge in [0.25, 0.3) is 5.91 Å². The van der Waals surface area contributed by atoms with E-state index in [0.717, 1.165) is 23.8 Å². The first-order chi connectivity index (χ1) is 15.8. The van der Waals surface area contributed by atoms with E-state index in [1.165, 1.54) is 12.1 Å². The van der Waals surface area contributed by atoms with E-state index in [1.807, 2.05) is 35.6 Å². The van der Waals surface area contributed by atoms with E-state index >= 15 is 0 Å². The Morgan fingerprint density at radius 2 is 1.56 bits per heavy atom. The highest BCUT2D eigenvalue weighted by atomic mass is 35.5. The van der Waals surface area contributed by atoms with Crippen LogP contribution >= 0.6 is 11.6 Å². The Balaban J connectivity index is 1.75. The highest BCUT2D eigenvalue weighted by molar-refractivity contribution is 7.91. The topological polar surface area (TPSA) is 95.5 Å². The van der Waals surface area contributed by atoms with Crippen molar-refractivity contribution in [1.82, 2.24) is 0 Å². The third-order valence-corrected chi connectivity index (χ3v) is 7.08. The number of anilines is 2.